The number of ether oxygens (including phenoxy) is 2. The Morgan fingerprint density at radius 2 is 1.77 bits per heavy atom. The lowest BCUT2D eigenvalue weighted by molar-refractivity contribution is 0.393. The molecule has 0 bridgehead atoms. The molecule has 0 aliphatic rings. The lowest BCUT2D eigenvalue weighted by Crippen LogP contribution is -1.97. The van der Waals surface area contributed by atoms with E-state index in [-0.39, 0.29) is 0 Å². The summed E-state index contributed by atoms with van der Waals surface area (Å²) in [6, 6.07) is 13.3. The van der Waals surface area contributed by atoms with Gasteiger partial charge in [0.15, 0.2) is 4.34 Å². The van der Waals surface area contributed by atoms with E-state index >= 15 is 0 Å². The van der Waals surface area contributed by atoms with Gasteiger partial charge in [0.25, 0.3) is 0 Å². The number of aromatic nitrogens is 1. The van der Waals surface area contributed by atoms with Crippen molar-refractivity contribution in [2.75, 3.05) is 14.2 Å². The van der Waals surface area contributed by atoms with Crippen molar-refractivity contribution in [1.29, 1.82) is 0 Å². The molecule has 3 rings (SSSR count). The van der Waals surface area contributed by atoms with E-state index < -0.39 is 10.8 Å². The van der Waals surface area contributed by atoms with Crippen molar-refractivity contribution >= 4 is 32.4 Å². The third-order valence-electron chi connectivity index (χ3n) is 3.18. The van der Waals surface area contributed by atoms with E-state index in [0.717, 1.165) is 15.8 Å². The van der Waals surface area contributed by atoms with Gasteiger partial charge in [0.05, 0.1) is 41.0 Å². The van der Waals surface area contributed by atoms with Crippen LogP contribution in [0.5, 0.6) is 11.5 Å². The molecule has 0 saturated heterocycles. The van der Waals surface area contributed by atoms with Gasteiger partial charge in [0.2, 0.25) is 0 Å². The van der Waals surface area contributed by atoms with Gasteiger partial charge in [-0.05, 0) is 29.8 Å². The molecule has 3 aromatic rings. The summed E-state index contributed by atoms with van der Waals surface area (Å²) in [5.74, 6) is 1.76. The van der Waals surface area contributed by atoms with Gasteiger partial charge in [-0.15, -0.1) is 11.3 Å². The Labute approximate surface area is 135 Å². The van der Waals surface area contributed by atoms with E-state index in [1.165, 1.54) is 11.3 Å². The predicted molar refractivity (Wildman–Crippen MR) is 89.3 cm³/mol. The zero-order valence-corrected chi connectivity index (χ0v) is 13.9. The standard InChI is InChI=1S/C16H15NO3S2/c1-19-12-7-11(8-13(9-12)20-2)10-22(18)16-17-14-5-3-4-6-15(14)21-16/h3-9H,10H2,1-2H3/t22-/m0/s1. The van der Waals surface area contributed by atoms with E-state index in [1.54, 1.807) is 20.3 Å². The third kappa shape index (κ3) is 3.13. The van der Waals surface area contributed by atoms with Crippen LogP contribution >= 0.6 is 11.3 Å². The number of para-hydroxylation sites is 1. The van der Waals surface area contributed by atoms with E-state index in [9.17, 15) is 4.21 Å². The summed E-state index contributed by atoms with van der Waals surface area (Å²) in [7, 11) is 2.01. The van der Waals surface area contributed by atoms with Gasteiger partial charge in [-0.25, -0.2) is 4.98 Å². The second-order valence-electron chi connectivity index (χ2n) is 4.66. The average molecular weight is 333 g/mol. The summed E-state index contributed by atoms with van der Waals surface area (Å²) in [5, 5.41) is 0. The summed E-state index contributed by atoms with van der Waals surface area (Å²) >= 11 is 1.47. The quantitative estimate of drug-likeness (QED) is 0.715. The highest BCUT2D eigenvalue weighted by Crippen LogP contribution is 2.28. The Morgan fingerprint density at radius 1 is 1.09 bits per heavy atom. The Morgan fingerprint density at radius 3 is 2.41 bits per heavy atom. The summed E-state index contributed by atoms with van der Waals surface area (Å²) in [6.07, 6.45) is 0. The van der Waals surface area contributed by atoms with E-state index in [1.807, 2.05) is 36.4 Å². The smallest absolute Gasteiger partial charge is 0.182 e. The molecule has 0 saturated carbocycles. The summed E-state index contributed by atoms with van der Waals surface area (Å²) < 4.78 is 24.7. The lowest BCUT2D eigenvalue weighted by Gasteiger charge is -2.07. The first-order chi connectivity index (χ1) is 10.7. The third-order valence-corrected chi connectivity index (χ3v) is 5.89. The number of methoxy groups -OCH3 is 2. The maximum absolute atomic E-state index is 12.6. The minimum atomic E-state index is -1.19. The molecule has 0 N–H and O–H groups in total. The second-order valence-corrected chi connectivity index (χ2v) is 7.31. The van der Waals surface area contributed by atoms with Gasteiger partial charge in [-0.2, -0.15) is 0 Å². The number of fused-ring (bicyclic) bond motifs is 1. The van der Waals surface area contributed by atoms with Crippen LogP contribution in [0, 0.1) is 0 Å². The van der Waals surface area contributed by atoms with Gasteiger partial charge in [0.1, 0.15) is 11.5 Å². The minimum Gasteiger partial charge on any atom is -0.497 e. The Bertz CT molecular complexity index is 774. The van der Waals surface area contributed by atoms with Crippen LogP contribution in [0.25, 0.3) is 10.2 Å². The largest absolute Gasteiger partial charge is 0.497 e. The average Bonchev–Trinajstić information content (AvgIpc) is 2.98. The molecule has 0 aliphatic carbocycles. The van der Waals surface area contributed by atoms with Gasteiger partial charge in [0, 0.05) is 6.07 Å². The van der Waals surface area contributed by atoms with Gasteiger partial charge in [-0.1, -0.05) is 12.1 Å². The molecule has 1 atom stereocenters. The van der Waals surface area contributed by atoms with Crippen LogP contribution in [0.15, 0.2) is 46.8 Å². The molecule has 1 aromatic heterocycles. The van der Waals surface area contributed by atoms with Gasteiger partial charge >= 0.3 is 0 Å². The summed E-state index contributed by atoms with van der Waals surface area (Å²) in [5.41, 5.74) is 1.79. The molecule has 0 amide bonds. The van der Waals surface area contributed by atoms with Crippen molar-refractivity contribution in [3.05, 3.63) is 48.0 Å². The fourth-order valence-corrected chi connectivity index (χ4v) is 4.42. The fraction of sp³-hybridized carbons (Fsp3) is 0.188. The van der Waals surface area contributed by atoms with E-state index in [2.05, 4.69) is 4.98 Å². The minimum absolute atomic E-state index is 0.382. The molecule has 4 nitrogen and oxygen atoms in total. The second kappa shape index (κ2) is 6.46. The number of hydrogen-bond acceptors (Lipinski definition) is 5. The van der Waals surface area contributed by atoms with E-state index in [0.29, 0.717) is 21.6 Å². The molecule has 22 heavy (non-hydrogen) atoms. The number of benzene rings is 2. The van der Waals surface area contributed by atoms with Gasteiger partial charge < -0.3 is 9.47 Å². The molecule has 114 valence electrons. The molecule has 0 radical (unpaired) electrons. The molecule has 0 fully saturated rings. The molecule has 0 aliphatic heterocycles. The molecule has 2 aromatic carbocycles. The normalized spacial score (nSPS) is 12.3. The van der Waals surface area contributed by atoms with Crippen LogP contribution in [0.2, 0.25) is 0 Å². The van der Waals surface area contributed by atoms with Crippen molar-refractivity contribution in [3.8, 4) is 11.5 Å². The number of hydrogen-bond donors (Lipinski definition) is 0. The highest BCUT2D eigenvalue weighted by molar-refractivity contribution is 7.86. The van der Waals surface area contributed by atoms with Crippen molar-refractivity contribution < 1.29 is 13.7 Å². The first-order valence-corrected chi connectivity index (χ1v) is 8.79. The highest BCUT2D eigenvalue weighted by Gasteiger charge is 2.12. The Hall–Kier alpha value is -1.92. The SMILES string of the molecule is COc1cc(C[S@](=O)c2nc3ccccc3s2)cc(OC)c1. The first kappa shape index (κ1) is 15.0. The summed E-state index contributed by atoms with van der Waals surface area (Å²) in [6.45, 7) is 0. The first-order valence-electron chi connectivity index (χ1n) is 6.65. The zero-order chi connectivity index (χ0) is 15.5. The lowest BCUT2D eigenvalue weighted by atomic mass is 10.2. The molecule has 1 heterocycles. The molecule has 0 unspecified atom stereocenters. The van der Waals surface area contributed by atoms with Crippen molar-refractivity contribution in [2.45, 2.75) is 10.1 Å². The molecular weight excluding hydrogens is 318 g/mol. The fourth-order valence-electron chi connectivity index (χ4n) is 2.11. The molecular formula is C16H15NO3S2. The van der Waals surface area contributed by atoms with Crippen molar-refractivity contribution in [1.82, 2.24) is 4.98 Å². The van der Waals surface area contributed by atoms with E-state index in [4.69, 9.17) is 9.47 Å². The van der Waals surface area contributed by atoms with Crippen LogP contribution in [0.3, 0.4) is 0 Å². The van der Waals surface area contributed by atoms with Crippen molar-refractivity contribution in [3.63, 3.8) is 0 Å². The Kier molecular flexibility index (Phi) is 4.40. The van der Waals surface area contributed by atoms with Crippen LogP contribution in [0.4, 0.5) is 0 Å². The highest BCUT2D eigenvalue weighted by atomic mass is 32.2. The Balaban J connectivity index is 1.87. The van der Waals surface area contributed by atoms with Crippen LogP contribution in [-0.2, 0) is 16.6 Å². The number of rotatable bonds is 5. The number of thiazole rings is 1. The maximum atomic E-state index is 12.6. The molecule has 0 spiro atoms. The maximum Gasteiger partial charge on any atom is 0.182 e. The van der Waals surface area contributed by atoms with Crippen LogP contribution in [0.1, 0.15) is 5.56 Å². The van der Waals surface area contributed by atoms with Crippen LogP contribution < -0.4 is 9.47 Å². The van der Waals surface area contributed by atoms with Crippen LogP contribution in [-0.4, -0.2) is 23.4 Å². The number of nitrogens with zero attached hydrogens (tertiary/aromatic N) is 1. The van der Waals surface area contributed by atoms with Crippen molar-refractivity contribution in [2.24, 2.45) is 0 Å². The van der Waals surface area contributed by atoms with Gasteiger partial charge in [-0.3, -0.25) is 4.21 Å². The summed E-state index contributed by atoms with van der Waals surface area (Å²) in [4.78, 5) is 4.45. The zero-order valence-electron chi connectivity index (χ0n) is 12.2. The predicted octanol–water partition coefficient (Wildman–Crippen LogP) is 3.62. The monoisotopic (exact) mass is 333 g/mol. The topological polar surface area (TPSA) is 48.4 Å². The molecule has 6 heteroatoms.